The van der Waals surface area contributed by atoms with E-state index in [1.165, 1.54) is 42.2 Å². The summed E-state index contributed by atoms with van der Waals surface area (Å²) in [6, 6.07) is 12.0. The van der Waals surface area contributed by atoms with E-state index in [4.69, 9.17) is 5.73 Å². The molecule has 0 aliphatic heterocycles. The van der Waals surface area contributed by atoms with Crippen LogP contribution < -0.4 is 5.73 Å². The topological polar surface area (TPSA) is 87.0 Å². The number of nitrogens with two attached hydrogens (primary N) is 1. The van der Waals surface area contributed by atoms with Crippen LogP contribution in [0.5, 0.6) is 0 Å². The largest absolute Gasteiger partial charge is 0.342 e. The number of pyridine rings is 1. The molecule has 0 amide bonds. The van der Waals surface area contributed by atoms with E-state index < -0.39 is 16.6 Å². The third-order valence-electron chi connectivity index (χ3n) is 4.58. The Morgan fingerprint density at radius 3 is 2.57 bits per heavy atom. The maximum absolute atomic E-state index is 13.6. The van der Waals surface area contributed by atoms with Crippen LogP contribution in [0.25, 0.3) is 10.9 Å². The maximum atomic E-state index is 13.6. The van der Waals surface area contributed by atoms with Gasteiger partial charge in [0.1, 0.15) is 11.6 Å². The molecule has 4 aromatic rings. The van der Waals surface area contributed by atoms with Gasteiger partial charge in [0.25, 0.3) is 0 Å². The van der Waals surface area contributed by atoms with Crippen LogP contribution in [0.3, 0.4) is 0 Å². The SMILES string of the molecule is NCc1ccc2c(Sc3ncccc3[N+](=O)[O-])cn(Cc3cc(F)cc(F)c3)c2c1. The lowest BCUT2D eigenvalue weighted by Gasteiger charge is -2.07. The molecule has 9 heteroatoms. The van der Waals surface area contributed by atoms with Gasteiger partial charge in [-0.25, -0.2) is 13.8 Å². The average Bonchev–Trinajstić information content (AvgIpc) is 3.04. The first-order valence-electron chi connectivity index (χ1n) is 8.98. The highest BCUT2D eigenvalue weighted by Gasteiger charge is 2.19. The van der Waals surface area contributed by atoms with Crippen LogP contribution in [-0.4, -0.2) is 14.5 Å². The van der Waals surface area contributed by atoms with Crippen molar-refractivity contribution in [3.63, 3.8) is 0 Å². The Labute approximate surface area is 174 Å². The second-order valence-electron chi connectivity index (χ2n) is 6.64. The number of rotatable bonds is 6. The molecule has 0 atom stereocenters. The molecule has 152 valence electrons. The molecule has 2 aromatic carbocycles. The molecule has 0 saturated carbocycles. The number of nitrogens with zero attached hydrogens (tertiary/aromatic N) is 3. The molecule has 0 saturated heterocycles. The van der Waals surface area contributed by atoms with Crippen LogP contribution in [0.15, 0.2) is 70.8 Å². The minimum absolute atomic E-state index is 0.0887. The van der Waals surface area contributed by atoms with Crippen molar-refractivity contribution in [3.8, 4) is 0 Å². The fourth-order valence-corrected chi connectivity index (χ4v) is 4.28. The molecule has 2 aromatic heterocycles. The summed E-state index contributed by atoms with van der Waals surface area (Å²) in [6.45, 7) is 0.563. The summed E-state index contributed by atoms with van der Waals surface area (Å²) in [7, 11) is 0. The molecule has 4 rings (SSSR count). The zero-order valence-corrected chi connectivity index (χ0v) is 16.4. The molecule has 0 fully saturated rings. The van der Waals surface area contributed by atoms with E-state index in [1.54, 1.807) is 6.20 Å². The Morgan fingerprint density at radius 2 is 1.87 bits per heavy atom. The summed E-state index contributed by atoms with van der Waals surface area (Å²) in [5.74, 6) is -1.30. The van der Waals surface area contributed by atoms with Gasteiger partial charge in [-0.2, -0.15) is 0 Å². The number of nitro groups is 1. The average molecular weight is 426 g/mol. The summed E-state index contributed by atoms with van der Waals surface area (Å²) < 4.78 is 29.1. The van der Waals surface area contributed by atoms with Gasteiger partial charge in [-0.15, -0.1) is 0 Å². The van der Waals surface area contributed by atoms with Crippen LogP contribution >= 0.6 is 11.8 Å². The molecular weight excluding hydrogens is 410 g/mol. The van der Waals surface area contributed by atoms with Crippen molar-refractivity contribution in [2.75, 3.05) is 0 Å². The molecule has 0 radical (unpaired) electrons. The van der Waals surface area contributed by atoms with E-state index in [0.29, 0.717) is 12.1 Å². The van der Waals surface area contributed by atoms with Crippen molar-refractivity contribution in [1.29, 1.82) is 0 Å². The van der Waals surface area contributed by atoms with Gasteiger partial charge in [0, 0.05) is 53.4 Å². The predicted octanol–water partition coefficient (Wildman–Crippen LogP) is 4.88. The fourth-order valence-electron chi connectivity index (χ4n) is 3.25. The van der Waals surface area contributed by atoms with Crippen LogP contribution in [-0.2, 0) is 13.1 Å². The molecule has 6 nitrogen and oxygen atoms in total. The minimum Gasteiger partial charge on any atom is -0.342 e. The number of aromatic nitrogens is 2. The van der Waals surface area contributed by atoms with Gasteiger partial charge in [0.15, 0.2) is 5.03 Å². The van der Waals surface area contributed by atoms with Gasteiger partial charge >= 0.3 is 5.69 Å². The third kappa shape index (κ3) is 4.03. The third-order valence-corrected chi connectivity index (χ3v) is 5.63. The van der Waals surface area contributed by atoms with E-state index in [1.807, 2.05) is 22.8 Å². The second-order valence-corrected chi connectivity index (χ2v) is 7.67. The molecule has 2 N–H and O–H groups in total. The molecule has 30 heavy (non-hydrogen) atoms. The molecule has 0 aliphatic carbocycles. The van der Waals surface area contributed by atoms with Crippen LogP contribution in [0.1, 0.15) is 11.1 Å². The van der Waals surface area contributed by atoms with Crippen molar-refractivity contribution >= 4 is 28.4 Å². The number of fused-ring (bicyclic) bond motifs is 1. The van der Waals surface area contributed by atoms with Crippen molar-refractivity contribution < 1.29 is 13.7 Å². The zero-order chi connectivity index (χ0) is 21.3. The van der Waals surface area contributed by atoms with E-state index in [0.717, 1.165) is 27.4 Å². The summed E-state index contributed by atoms with van der Waals surface area (Å²) in [5, 5.41) is 12.4. The maximum Gasteiger partial charge on any atom is 0.301 e. The summed E-state index contributed by atoms with van der Waals surface area (Å²) in [4.78, 5) is 15.7. The van der Waals surface area contributed by atoms with E-state index in [9.17, 15) is 18.9 Å². The quantitative estimate of drug-likeness (QED) is 0.351. The second kappa shape index (κ2) is 8.21. The highest BCUT2D eigenvalue weighted by Crippen LogP contribution is 2.38. The molecule has 0 aliphatic rings. The monoisotopic (exact) mass is 426 g/mol. The van der Waals surface area contributed by atoms with Gasteiger partial charge in [-0.1, -0.05) is 23.9 Å². The summed E-state index contributed by atoms with van der Waals surface area (Å²) in [6.07, 6.45) is 3.30. The number of halogens is 2. The zero-order valence-electron chi connectivity index (χ0n) is 15.6. The minimum atomic E-state index is -0.650. The highest BCUT2D eigenvalue weighted by molar-refractivity contribution is 7.99. The van der Waals surface area contributed by atoms with Gasteiger partial charge in [0.05, 0.1) is 4.92 Å². The Hall–Kier alpha value is -3.30. The fraction of sp³-hybridized carbons (Fsp3) is 0.0952. The van der Waals surface area contributed by atoms with Gasteiger partial charge in [0.2, 0.25) is 0 Å². The van der Waals surface area contributed by atoms with E-state index in [2.05, 4.69) is 4.98 Å². The first-order valence-corrected chi connectivity index (χ1v) is 9.80. The van der Waals surface area contributed by atoms with Crippen LogP contribution in [0.2, 0.25) is 0 Å². The predicted molar refractivity (Wildman–Crippen MR) is 110 cm³/mol. The summed E-state index contributed by atoms with van der Waals surface area (Å²) >= 11 is 1.17. The Balaban J connectivity index is 1.80. The van der Waals surface area contributed by atoms with Gasteiger partial charge < -0.3 is 10.3 Å². The van der Waals surface area contributed by atoms with Crippen LogP contribution in [0, 0.1) is 21.7 Å². The lowest BCUT2D eigenvalue weighted by atomic mass is 10.1. The molecular formula is C21H16F2N4O2S. The Morgan fingerprint density at radius 1 is 1.10 bits per heavy atom. The highest BCUT2D eigenvalue weighted by atomic mass is 32.2. The Bertz CT molecular complexity index is 1240. The van der Waals surface area contributed by atoms with Crippen LogP contribution in [0.4, 0.5) is 14.5 Å². The summed E-state index contributed by atoms with van der Waals surface area (Å²) in [5.41, 5.74) is 7.85. The lowest BCUT2D eigenvalue weighted by molar-refractivity contribution is -0.388. The van der Waals surface area contributed by atoms with Crippen molar-refractivity contribution in [3.05, 3.63) is 93.8 Å². The number of benzene rings is 2. The van der Waals surface area contributed by atoms with E-state index in [-0.39, 0.29) is 17.3 Å². The molecule has 2 heterocycles. The standard InChI is InChI=1S/C21H16F2N4O2S/c22-15-6-14(7-16(23)9-15)11-26-12-20(17-4-3-13(10-24)8-19(17)26)30-21-18(27(28)29)2-1-5-25-21/h1-9,12H,10-11,24H2. The Kier molecular flexibility index (Phi) is 5.47. The molecule has 0 bridgehead atoms. The van der Waals surface area contributed by atoms with Crippen molar-refractivity contribution in [2.45, 2.75) is 23.0 Å². The van der Waals surface area contributed by atoms with Crippen molar-refractivity contribution in [2.24, 2.45) is 5.73 Å². The first kappa shape index (κ1) is 20.0. The molecule has 0 spiro atoms. The smallest absolute Gasteiger partial charge is 0.301 e. The molecule has 0 unspecified atom stereocenters. The van der Waals surface area contributed by atoms with Gasteiger partial charge in [-0.3, -0.25) is 10.1 Å². The van der Waals surface area contributed by atoms with Crippen molar-refractivity contribution in [1.82, 2.24) is 9.55 Å². The van der Waals surface area contributed by atoms with E-state index >= 15 is 0 Å². The van der Waals surface area contributed by atoms with Gasteiger partial charge in [-0.05, 0) is 35.4 Å². The normalized spacial score (nSPS) is 11.2. The number of hydrogen-bond acceptors (Lipinski definition) is 5. The number of hydrogen-bond donors (Lipinski definition) is 1. The lowest BCUT2D eigenvalue weighted by Crippen LogP contribution is -2.01. The first-order chi connectivity index (χ1) is 14.4.